The van der Waals surface area contributed by atoms with Crippen molar-refractivity contribution in [3.05, 3.63) is 46.4 Å². The summed E-state index contributed by atoms with van der Waals surface area (Å²) >= 11 is 0. The van der Waals surface area contributed by atoms with E-state index in [-0.39, 0.29) is 25.4 Å². The molecule has 1 aromatic carbocycles. The number of hydrogen-bond donors (Lipinski definition) is 0. The lowest BCUT2D eigenvalue weighted by Gasteiger charge is -2.05. The number of aryl methyl sites for hydroxylation is 1. The quantitative estimate of drug-likeness (QED) is 0.764. The average Bonchev–Trinajstić information content (AvgIpc) is 3.07. The zero-order valence-electron chi connectivity index (χ0n) is 12.7. The minimum absolute atomic E-state index is 0.00819. The lowest BCUT2D eigenvalue weighted by atomic mass is 10.3. The number of para-hydroxylation sites is 2. The highest BCUT2D eigenvalue weighted by atomic mass is 16.5. The zero-order valence-corrected chi connectivity index (χ0v) is 12.7. The summed E-state index contributed by atoms with van der Waals surface area (Å²) in [6, 6.07) is 7.30. The van der Waals surface area contributed by atoms with Crippen LogP contribution in [0.25, 0.3) is 11.0 Å². The third kappa shape index (κ3) is 2.90. The average molecular weight is 316 g/mol. The van der Waals surface area contributed by atoms with Gasteiger partial charge in [-0.25, -0.2) is 9.59 Å². The lowest BCUT2D eigenvalue weighted by Crippen LogP contribution is -2.27. The third-order valence-corrected chi connectivity index (χ3v) is 3.67. The van der Waals surface area contributed by atoms with Crippen LogP contribution in [0.15, 0.2) is 40.7 Å². The molecule has 0 aliphatic carbocycles. The molecule has 3 rings (SSSR count). The summed E-state index contributed by atoms with van der Waals surface area (Å²) in [5.74, 6) is -0.968. The van der Waals surface area contributed by atoms with Crippen LogP contribution in [-0.2, 0) is 32.2 Å². The van der Waals surface area contributed by atoms with Gasteiger partial charge in [0, 0.05) is 18.2 Å². The Morgan fingerprint density at radius 1 is 1.22 bits per heavy atom. The van der Waals surface area contributed by atoms with Crippen molar-refractivity contribution in [1.29, 1.82) is 0 Å². The molecule has 1 aliphatic rings. The van der Waals surface area contributed by atoms with Gasteiger partial charge in [0.15, 0.2) is 0 Å². The topological polar surface area (TPSA) is 79.5 Å². The van der Waals surface area contributed by atoms with Crippen molar-refractivity contribution in [2.75, 3.05) is 13.2 Å². The molecule has 2 heterocycles. The van der Waals surface area contributed by atoms with E-state index >= 15 is 0 Å². The third-order valence-electron chi connectivity index (χ3n) is 3.67. The van der Waals surface area contributed by atoms with E-state index in [4.69, 9.17) is 9.47 Å². The molecule has 7 nitrogen and oxygen atoms in total. The van der Waals surface area contributed by atoms with Crippen molar-refractivity contribution in [3.8, 4) is 0 Å². The largest absolute Gasteiger partial charge is 0.460 e. The molecule has 0 amide bonds. The number of cyclic esters (lactones) is 1. The van der Waals surface area contributed by atoms with Gasteiger partial charge >= 0.3 is 17.6 Å². The molecule has 23 heavy (non-hydrogen) atoms. The molecule has 120 valence electrons. The molecular formula is C16H16N2O5. The van der Waals surface area contributed by atoms with Gasteiger partial charge in [0.2, 0.25) is 0 Å². The van der Waals surface area contributed by atoms with Gasteiger partial charge < -0.3 is 9.47 Å². The Balaban J connectivity index is 1.77. The number of fused-ring (bicyclic) bond motifs is 1. The van der Waals surface area contributed by atoms with E-state index in [1.54, 1.807) is 10.6 Å². The smallest absolute Gasteiger partial charge is 0.331 e. The van der Waals surface area contributed by atoms with Crippen LogP contribution in [0, 0.1) is 0 Å². The number of carbonyl (C=O) groups is 2. The number of hydrogen-bond acceptors (Lipinski definition) is 5. The van der Waals surface area contributed by atoms with Crippen LogP contribution < -0.4 is 5.69 Å². The summed E-state index contributed by atoms with van der Waals surface area (Å²) < 4.78 is 12.8. The molecule has 0 saturated heterocycles. The number of carbonyl (C=O) groups excluding carboxylic acids is 2. The monoisotopic (exact) mass is 316 g/mol. The summed E-state index contributed by atoms with van der Waals surface area (Å²) in [7, 11) is 0. The maximum Gasteiger partial charge on any atom is 0.331 e. The lowest BCUT2D eigenvalue weighted by molar-refractivity contribution is -0.143. The van der Waals surface area contributed by atoms with E-state index in [9.17, 15) is 14.4 Å². The van der Waals surface area contributed by atoms with Crippen LogP contribution in [0.2, 0.25) is 0 Å². The highest BCUT2D eigenvalue weighted by Gasteiger charge is 2.17. The minimum atomic E-state index is -0.536. The van der Waals surface area contributed by atoms with Gasteiger partial charge in [-0.15, -0.1) is 0 Å². The van der Waals surface area contributed by atoms with Crippen molar-refractivity contribution in [1.82, 2.24) is 9.13 Å². The number of nitrogens with zero attached hydrogens (tertiary/aromatic N) is 2. The van der Waals surface area contributed by atoms with Crippen LogP contribution in [0.1, 0.15) is 6.92 Å². The molecule has 0 spiro atoms. The highest BCUT2D eigenvalue weighted by Crippen LogP contribution is 2.13. The van der Waals surface area contributed by atoms with Crippen molar-refractivity contribution in [3.63, 3.8) is 0 Å². The number of esters is 2. The van der Waals surface area contributed by atoms with Gasteiger partial charge in [-0.2, -0.15) is 0 Å². The number of rotatable bonds is 5. The summed E-state index contributed by atoms with van der Waals surface area (Å²) in [6.45, 7) is 2.36. The molecule has 0 atom stereocenters. The van der Waals surface area contributed by atoms with Gasteiger partial charge in [0.25, 0.3) is 0 Å². The first kappa shape index (κ1) is 15.1. The number of imidazole rings is 1. The van der Waals surface area contributed by atoms with Crippen molar-refractivity contribution in [2.24, 2.45) is 0 Å². The SMILES string of the molecule is CCn1c(=O)n(CC(=O)OCC2=CC(=O)OC2)c2ccccc21. The molecule has 1 aliphatic heterocycles. The number of aromatic nitrogens is 2. The molecule has 0 bridgehead atoms. The highest BCUT2D eigenvalue weighted by molar-refractivity contribution is 5.85. The Hall–Kier alpha value is -2.83. The molecule has 0 unspecified atom stereocenters. The molecule has 0 N–H and O–H groups in total. The number of ether oxygens (including phenoxy) is 2. The van der Waals surface area contributed by atoms with Crippen LogP contribution >= 0.6 is 0 Å². The predicted molar refractivity (Wildman–Crippen MR) is 81.9 cm³/mol. The first-order chi connectivity index (χ1) is 11.1. The Morgan fingerprint density at radius 2 is 1.91 bits per heavy atom. The van der Waals surface area contributed by atoms with Crippen molar-refractivity contribution in [2.45, 2.75) is 20.0 Å². The van der Waals surface area contributed by atoms with Gasteiger partial charge in [0.1, 0.15) is 19.8 Å². The van der Waals surface area contributed by atoms with E-state index in [0.717, 1.165) is 5.52 Å². The minimum Gasteiger partial charge on any atom is -0.460 e. The summed E-state index contributed by atoms with van der Waals surface area (Å²) in [5.41, 5.74) is 1.83. The molecule has 0 radical (unpaired) electrons. The van der Waals surface area contributed by atoms with E-state index in [0.29, 0.717) is 17.6 Å². The summed E-state index contributed by atoms with van der Waals surface area (Å²) in [5, 5.41) is 0. The molecule has 7 heteroatoms. The fourth-order valence-electron chi connectivity index (χ4n) is 2.58. The van der Waals surface area contributed by atoms with Crippen LogP contribution in [-0.4, -0.2) is 34.3 Å². The predicted octanol–water partition coefficient (Wildman–Crippen LogP) is 0.849. The van der Waals surface area contributed by atoms with Gasteiger partial charge in [-0.05, 0) is 19.1 Å². The molecule has 2 aromatic rings. The zero-order chi connectivity index (χ0) is 16.4. The second-order valence-electron chi connectivity index (χ2n) is 5.17. The van der Waals surface area contributed by atoms with Crippen LogP contribution in [0.4, 0.5) is 0 Å². The maximum atomic E-state index is 12.4. The Morgan fingerprint density at radius 3 is 2.52 bits per heavy atom. The first-order valence-electron chi connectivity index (χ1n) is 7.30. The summed E-state index contributed by atoms with van der Waals surface area (Å²) in [6.07, 6.45) is 1.31. The van der Waals surface area contributed by atoms with E-state index in [2.05, 4.69) is 0 Å². The molecular weight excluding hydrogens is 300 g/mol. The van der Waals surface area contributed by atoms with Gasteiger partial charge in [0.05, 0.1) is 11.0 Å². The maximum absolute atomic E-state index is 12.4. The van der Waals surface area contributed by atoms with Gasteiger partial charge in [-0.1, -0.05) is 12.1 Å². The molecule has 1 aromatic heterocycles. The van der Waals surface area contributed by atoms with E-state index in [1.165, 1.54) is 10.6 Å². The van der Waals surface area contributed by atoms with E-state index in [1.807, 2.05) is 25.1 Å². The standard InChI is InChI=1S/C16H16N2O5/c1-2-17-12-5-3-4-6-13(12)18(16(17)21)8-15(20)23-10-11-7-14(19)22-9-11/h3-7H,2,8-10H2,1H3. The van der Waals surface area contributed by atoms with E-state index < -0.39 is 11.9 Å². The Bertz CT molecular complexity index is 859. The van der Waals surface area contributed by atoms with Crippen LogP contribution in [0.3, 0.4) is 0 Å². The van der Waals surface area contributed by atoms with Crippen molar-refractivity contribution >= 4 is 23.0 Å². The van der Waals surface area contributed by atoms with Crippen molar-refractivity contribution < 1.29 is 19.1 Å². The van der Waals surface area contributed by atoms with Gasteiger partial charge in [-0.3, -0.25) is 13.9 Å². The van der Waals surface area contributed by atoms with Crippen LogP contribution in [0.5, 0.6) is 0 Å². The Kier molecular flexibility index (Phi) is 4.01. The number of benzene rings is 1. The second-order valence-corrected chi connectivity index (χ2v) is 5.17. The molecule has 0 fully saturated rings. The Labute approximate surface area is 131 Å². The first-order valence-corrected chi connectivity index (χ1v) is 7.30. The fraction of sp³-hybridized carbons (Fsp3) is 0.312. The normalized spacial score (nSPS) is 14.0. The molecule has 0 saturated carbocycles. The second kappa shape index (κ2) is 6.12. The summed E-state index contributed by atoms with van der Waals surface area (Å²) in [4.78, 5) is 35.3. The fourth-order valence-corrected chi connectivity index (χ4v) is 2.58.